The van der Waals surface area contributed by atoms with E-state index in [0.29, 0.717) is 23.0 Å². The number of methoxy groups -OCH3 is 2. The first kappa shape index (κ1) is 12.5. The fourth-order valence-electron chi connectivity index (χ4n) is 2.02. The van der Waals surface area contributed by atoms with Gasteiger partial charge in [0.15, 0.2) is 11.5 Å². The molecule has 0 unspecified atom stereocenters. The molecule has 0 saturated heterocycles. The highest BCUT2D eigenvalue weighted by molar-refractivity contribution is 5.86. The molecule has 1 aliphatic carbocycles. The van der Waals surface area contributed by atoms with Crippen LogP contribution in [0.5, 0.6) is 11.5 Å². The number of benzene rings is 1. The Morgan fingerprint density at radius 2 is 1.94 bits per heavy atom. The second-order valence-electron chi connectivity index (χ2n) is 4.26. The van der Waals surface area contributed by atoms with Gasteiger partial charge in [0.2, 0.25) is 0 Å². The maximum Gasteiger partial charge on any atom is 0.328 e. The molecule has 0 aliphatic heterocycles. The molecule has 0 spiro atoms. The largest absolute Gasteiger partial charge is 0.493 e. The van der Waals surface area contributed by atoms with Crippen molar-refractivity contribution in [3.05, 3.63) is 29.3 Å². The van der Waals surface area contributed by atoms with E-state index in [4.69, 9.17) is 14.6 Å². The summed E-state index contributed by atoms with van der Waals surface area (Å²) in [5.41, 5.74) is 1.85. The smallest absolute Gasteiger partial charge is 0.328 e. The van der Waals surface area contributed by atoms with E-state index >= 15 is 0 Å². The molecule has 4 nitrogen and oxygen atoms in total. The van der Waals surface area contributed by atoms with Crippen LogP contribution in [0.15, 0.2) is 18.2 Å². The lowest BCUT2D eigenvalue weighted by Crippen LogP contribution is -1.97. The molecular weight excluding hydrogens is 232 g/mol. The molecule has 0 atom stereocenters. The van der Waals surface area contributed by atoms with Crippen molar-refractivity contribution in [1.29, 1.82) is 0 Å². The van der Waals surface area contributed by atoms with Crippen LogP contribution in [0.25, 0.3) is 6.08 Å². The summed E-state index contributed by atoms with van der Waals surface area (Å²) in [5.74, 6) is 0.876. The molecule has 1 fully saturated rings. The van der Waals surface area contributed by atoms with Gasteiger partial charge >= 0.3 is 5.97 Å². The highest BCUT2D eigenvalue weighted by Crippen LogP contribution is 2.48. The monoisotopic (exact) mass is 248 g/mol. The molecule has 0 amide bonds. The van der Waals surface area contributed by atoms with E-state index in [1.54, 1.807) is 14.2 Å². The summed E-state index contributed by atoms with van der Waals surface area (Å²) in [6.07, 6.45) is 4.95. The minimum Gasteiger partial charge on any atom is -0.493 e. The lowest BCUT2D eigenvalue weighted by molar-refractivity contribution is -0.131. The van der Waals surface area contributed by atoms with E-state index in [1.165, 1.54) is 18.9 Å². The third-order valence-corrected chi connectivity index (χ3v) is 3.00. The zero-order chi connectivity index (χ0) is 13.1. The Morgan fingerprint density at radius 3 is 2.44 bits per heavy atom. The normalized spacial score (nSPS) is 14.8. The average Bonchev–Trinajstić information content (AvgIpc) is 3.18. The number of carboxylic acids is 1. The molecule has 1 N–H and O–H groups in total. The summed E-state index contributed by atoms with van der Waals surface area (Å²) < 4.78 is 10.8. The molecule has 0 heterocycles. The highest BCUT2D eigenvalue weighted by Gasteiger charge is 2.28. The van der Waals surface area contributed by atoms with Crippen molar-refractivity contribution in [3.8, 4) is 11.5 Å². The number of hydrogen-bond acceptors (Lipinski definition) is 3. The van der Waals surface area contributed by atoms with Gasteiger partial charge in [-0.3, -0.25) is 0 Å². The second kappa shape index (κ2) is 5.12. The number of ether oxygens (including phenoxy) is 2. The van der Waals surface area contributed by atoms with Crippen molar-refractivity contribution in [2.24, 2.45) is 0 Å². The average molecular weight is 248 g/mol. The Labute approximate surface area is 106 Å². The summed E-state index contributed by atoms with van der Waals surface area (Å²) in [6, 6.07) is 3.86. The van der Waals surface area contributed by atoms with Crippen molar-refractivity contribution >= 4 is 12.0 Å². The first-order valence-electron chi connectivity index (χ1n) is 5.83. The maximum atomic E-state index is 10.6. The van der Waals surface area contributed by atoms with E-state index < -0.39 is 5.97 Å². The topological polar surface area (TPSA) is 55.8 Å². The van der Waals surface area contributed by atoms with Crippen LogP contribution in [0.4, 0.5) is 0 Å². The molecule has 0 aromatic heterocycles. The lowest BCUT2D eigenvalue weighted by Gasteiger charge is -2.14. The van der Waals surface area contributed by atoms with Crippen LogP contribution in [-0.2, 0) is 4.79 Å². The van der Waals surface area contributed by atoms with Crippen LogP contribution in [-0.4, -0.2) is 25.3 Å². The van der Waals surface area contributed by atoms with E-state index in [9.17, 15) is 4.79 Å². The minimum absolute atomic E-state index is 0.548. The molecular formula is C14H16O4. The number of rotatable bonds is 5. The Balaban J connectivity index is 2.44. The quantitative estimate of drug-likeness (QED) is 0.814. The van der Waals surface area contributed by atoms with Crippen molar-refractivity contribution in [1.82, 2.24) is 0 Å². The third-order valence-electron chi connectivity index (χ3n) is 3.00. The number of aliphatic carboxylic acids is 1. The summed E-state index contributed by atoms with van der Waals surface area (Å²) in [5, 5.41) is 8.66. The summed E-state index contributed by atoms with van der Waals surface area (Å²) in [6.45, 7) is 0. The third kappa shape index (κ3) is 2.47. The molecule has 1 aromatic carbocycles. The Hall–Kier alpha value is -1.97. The summed E-state index contributed by atoms with van der Waals surface area (Å²) >= 11 is 0. The zero-order valence-corrected chi connectivity index (χ0v) is 10.5. The second-order valence-corrected chi connectivity index (χ2v) is 4.26. The van der Waals surface area contributed by atoms with Crippen LogP contribution < -0.4 is 9.47 Å². The standard InChI is InChI=1S/C14H16O4/c1-17-13-10(6-8-12(15)16)5-7-11(9-3-4-9)14(13)18-2/h5-9H,3-4H2,1-2H3,(H,15,16)/b8-6+. The van der Waals surface area contributed by atoms with Crippen LogP contribution in [0.2, 0.25) is 0 Å². The van der Waals surface area contributed by atoms with Gasteiger partial charge in [0, 0.05) is 17.2 Å². The van der Waals surface area contributed by atoms with E-state index in [2.05, 4.69) is 0 Å². The molecule has 2 rings (SSSR count). The Bertz CT molecular complexity index is 487. The van der Waals surface area contributed by atoms with Crippen LogP contribution in [0.3, 0.4) is 0 Å². The number of carboxylic acid groups (broad SMARTS) is 1. The predicted octanol–water partition coefficient (Wildman–Crippen LogP) is 2.68. The van der Waals surface area contributed by atoms with Crippen molar-refractivity contribution < 1.29 is 19.4 Å². The Kier molecular flexibility index (Phi) is 3.55. The fourth-order valence-corrected chi connectivity index (χ4v) is 2.02. The summed E-state index contributed by atoms with van der Waals surface area (Å²) in [7, 11) is 3.17. The molecule has 0 bridgehead atoms. The SMILES string of the molecule is COc1c(/C=C/C(=O)O)ccc(C2CC2)c1OC. The van der Waals surface area contributed by atoms with Gasteiger partial charge in [0.05, 0.1) is 14.2 Å². The van der Waals surface area contributed by atoms with Gasteiger partial charge in [0.1, 0.15) is 0 Å². The first-order valence-corrected chi connectivity index (χ1v) is 5.83. The molecule has 1 aromatic rings. The van der Waals surface area contributed by atoms with Gasteiger partial charge in [-0.05, 0) is 24.8 Å². The van der Waals surface area contributed by atoms with Gasteiger partial charge in [0.25, 0.3) is 0 Å². The van der Waals surface area contributed by atoms with Gasteiger partial charge < -0.3 is 14.6 Å². The van der Waals surface area contributed by atoms with Gasteiger partial charge in [-0.1, -0.05) is 12.1 Å². The van der Waals surface area contributed by atoms with Gasteiger partial charge in [-0.15, -0.1) is 0 Å². The van der Waals surface area contributed by atoms with Crippen molar-refractivity contribution in [3.63, 3.8) is 0 Å². The van der Waals surface area contributed by atoms with Gasteiger partial charge in [-0.25, -0.2) is 4.79 Å². The first-order chi connectivity index (χ1) is 8.67. The van der Waals surface area contributed by atoms with Crippen molar-refractivity contribution in [2.45, 2.75) is 18.8 Å². The van der Waals surface area contributed by atoms with Gasteiger partial charge in [-0.2, -0.15) is 0 Å². The zero-order valence-electron chi connectivity index (χ0n) is 10.5. The predicted molar refractivity (Wildman–Crippen MR) is 68.2 cm³/mol. The maximum absolute atomic E-state index is 10.6. The van der Waals surface area contributed by atoms with Crippen molar-refractivity contribution in [2.75, 3.05) is 14.2 Å². The molecule has 96 valence electrons. The summed E-state index contributed by atoms with van der Waals surface area (Å²) in [4.78, 5) is 10.6. The molecule has 1 saturated carbocycles. The number of carbonyl (C=O) groups is 1. The highest BCUT2D eigenvalue weighted by atomic mass is 16.5. The van der Waals surface area contributed by atoms with E-state index in [0.717, 1.165) is 11.6 Å². The minimum atomic E-state index is -0.984. The van der Waals surface area contributed by atoms with Crippen LogP contribution in [0, 0.1) is 0 Å². The molecule has 1 aliphatic rings. The molecule has 18 heavy (non-hydrogen) atoms. The van der Waals surface area contributed by atoms with Crippen LogP contribution in [0.1, 0.15) is 29.9 Å². The Morgan fingerprint density at radius 1 is 1.28 bits per heavy atom. The molecule has 0 radical (unpaired) electrons. The fraction of sp³-hybridized carbons (Fsp3) is 0.357. The lowest BCUT2D eigenvalue weighted by atomic mass is 10.0. The van der Waals surface area contributed by atoms with E-state index in [1.807, 2.05) is 12.1 Å². The molecule has 4 heteroatoms. The van der Waals surface area contributed by atoms with E-state index in [-0.39, 0.29) is 0 Å². The number of hydrogen-bond donors (Lipinski definition) is 1. The van der Waals surface area contributed by atoms with Crippen LogP contribution >= 0.6 is 0 Å².